The predicted octanol–water partition coefficient (Wildman–Crippen LogP) is 4.50. The van der Waals surface area contributed by atoms with Crippen molar-refractivity contribution in [3.63, 3.8) is 0 Å². The van der Waals surface area contributed by atoms with E-state index < -0.39 is 0 Å². The van der Waals surface area contributed by atoms with Gasteiger partial charge >= 0.3 is 6.03 Å². The number of anilines is 1. The van der Waals surface area contributed by atoms with E-state index in [-0.39, 0.29) is 6.03 Å². The summed E-state index contributed by atoms with van der Waals surface area (Å²) < 4.78 is 0. The van der Waals surface area contributed by atoms with Gasteiger partial charge in [-0.15, -0.1) is 0 Å². The van der Waals surface area contributed by atoms with Gasteiger partial charge in [0.2, 0.25) is 0 Å². The van der Waals surface area contributed by atoms with Crippen LogP contribution in [0.25, 0.3) is 0 Å². The number of carbonyl (C=O) groups excluding carboxylic acids is 1. The molecule has 5 heteroatoms. The Kier molecular flexibility index (Phi) is 4.58. The van der Waals surface area contributed by atoms with Gasteiger partial charge in [-0.2, -0.15) is 0 Å². The number of piperidine rings is 1. The summed E-state index contributed by atoms with van der Waals surface area (Å²) in [7, 11) is 0. The van der Waals surface area contributed by atoms with Crippen LogP contribution in [-0.2, 0) is 0 Å². The van der Waals surface area contributed by atoms with Crippen LogP contribution in [0.5, 0.6) is 0 Å². The van der Waals surface area contributed by atoms with Crippen LogP contribution >= 0.6 is 23.2 Å². The second-order valence-electron chi connectivity index (χ2n) is 5.41. The van der Waals surface area contributed by atoms with Crippen molar-refractivity contribution >= 4 is 34.9 Å². The Bertz CT molecular complexity index is 469. The fraction of sp³-hybridized carbons (Fsp3) is 0.500. The summed E-state index contributed by atoms with van der Waals surface area (Å²) in [4.78, 5) is 14.1. The Morgan fingerprint density at radius 1 is 1.26 bits per heavy atom. The Labute approximate surface area is 123 Å². The third kappa shape index (κ3) is 3.77. The molecule has 1 heterocycles. The maximum Gasteiger partial charge on any atom is 0.321 e. The molecular weight excluding hydrogens is 283 g/mol. The molecule has 0 spiro atoms. The molecule has 104 valence electrons. The predicted molar refractivity (Wildman–Crippen MR) is 80.0 cm³/mol. The largest absolute Gasteiger partial charge is 0.324 e. The fourth-order valence-electron chi connectivity index (χ4n) is 2.61. The number of nitrogens with one attached hydrogen (secondary N) is 1. The van der Waals surface area contributed by atoms with E-state index in [1.165, 1.54) is 6.42 Å². The molecular formula is C14H18Cl2N2O. The number of hydrogen-bond acceptors (Lipinski definition) is 1. The molecule has 19 heavy (non-hydrogen) atoms. The van der Waals surface area contributed by atoms with Crippen LogP contribution < -0.4 is 5.32 Å². The molecule has 2 rings (SSSR count). The highest BCUT2D eigenvalue weighted by molar-refractivity contribution is 6.36. The first-order chi connectivity index (χ1) is 8.95. The van der Waals surface area contributed by atoms with Gasteiger partial charge < -0.3 is 10.2 Å². The van der Waals surface area contributed by atoms with Crippen molar-refractivity contribution in [2.75, 3.05) is 18.4 Å². The van der Waals surface area contributed by atoms with Crippen molar-refractivity contribution in [1.29, 1.82) is 0 Å². The maximum absolute atomic E-state index is 12.2. The fourth-order valence-corrected chi connectivity index (χ4v) is 3.07. The molecule has 1 aromatic rings. The number of hydrogen-bond donors (Lipinski definition) is 1. The summed E-state index contributed by atoms with van der Waals surface area (Å²) in [6, 6.07) is 4.96. The minimum Gasteiger partial charge on any atom is -0.324 e. The SMILES string of the molecule is C[C@@H]1C[C@H](C)CN(C(=O)Nc2ccc(Cl)cc2Cl)C1. The molecule has 3 nitrogen and oxygen atoms in total. The summed E-state index contributed by atoms with van der Waals surface area (Å²) in [5.41, 5.74) is 0.599. The van der Waals surface area contributed by atoms with Gasteiger partial charge in [0, 0.05) is 18.1 Å². The second-order valence-corrected chi connectivity index (χ2v) is 6.25. The third-order valence-electron chi connectivity index (χ3n) is 3.33. The smallest absolute Gasteiger partial charge is 0.321 e. The summed E-state index contributed by atoms with van der Waals surface area (Å²) >= 11 is 11.9. The molecule has 1 aromatic carbocycles. The standard InChI is InChI=1S/C14H18Cl2N2O/c1-9-5-10(2)8-18(7-9)14(19)17-13-4-3-11(15)6-12(13)16/h3-4,6,9-10H,5,7-8H2,1-2H3,(H,17,19)/t9-,10+. The zero-order valence-electron chi connectivity index (χ0n) is 11.1. The molecule has 0 unspecified atom stereocenters. The molecule has 2 amide bonds. The lowest BCUT2D eigenvalue weighted by Crippen LogP contribution is -2.44. The Morgan fingerprint density at radius 2 is 1.89 bits per heavy atom. The molecule has 0 radical (unpaired) electrons. The minimum atomic E-state index is -0.0948. The van der Waals surface area contributed by atoms with Crippen LogP contribution in [0.4, 0.5) is 10.5 Å². The zero-order chi connectivity index (χ0) is 14.0. The van der Waals surface area contributed by atoms with Crippen LogP contribution in [-0.4, -0.2) is 24.0 Å². The summed E-state index contributed by atoms with van der Waals surface area (Å²) in [5, 5.41) is 3.86. The molecule has 0 saturated carbocycles. The third-order valence-corrected chi connectivity index (χ3v) is 3.88. The van der Waals surface area contributed by atoms with Crippen molar-refractivity contribution in [3.8, 4) is 0 Å². The Balaban J connectivity index is 2.04. The van der Waals surface area contributed by atoms with Gasteiger partial charge in [0.1, 0.15) is 0 Å². The number of carbonyl (C=O) groups is 1. The van der Waals surface area contributed by atoms with Crippen LogP contribution in [0, 0.1) is 11.8 Å². The molecule has 1 aliphatic rings. The lowest BCUT2D eigenvalue weighted by atomic mass is 9.92. The summed E-state index contributed by atoms with van der Waals surface area (Å²) in [6.07, 6.45) is 1.17. The molecule has 0 aromatic heterocycles. The number of urea groups is 1. The van der Waals surface area contributed by atoms with E-state index in [1.54, 1.807) is 18.2 Å². The Hall–Kier alpha value is -0.930. The highest BCUT2D eigenvalue weighted by Gasteiger charge is 2.25. The topological polar surface area (TPSA) is 32.3 Å². The van der Waals surface area contributed by atoms with E-state index in [0.29, 0.717) is 27.6 Å². The second kappa shape index (κ2) is 6.02. The van der Waals surface area contributed by atoms with Crippen LogP contribution in [0.15, 0.2) is 18.2 Å². The van der Waals surface area contributed by atoms with Crippen molar-refractivity contribution in [3.05, 3.63) is 28.2 Å². The monoisotopic (exact) mass is 300 g/mol. The average molecular weight is 301 g/mol. The van der Waals surface area contributed by atoms with Crippen LogP contribution in [0.1, 0.15) is 20.3 Å². The van der Waals surface area contributed by atoms with Gasteiger partial charge in [0.25, 0.3) is 0 Å². The average Bonchev–Trinajstić information content (AvgIpc) is 2.31. The highest BCUT2D eigenvalue weighted by atomic mass is 35.5. The van der Waals surface area contributed by atoms with Gasteiger partial charge in [-0.1, -0.05) is 37.0 Å². The van der Waals surface area contributed by atoms with Gasteiger partial charge in [-0.25, -0.2) is 4.79 Å². The Morgan fingerprint density at radius 3 is 2.47 bits per heavy atom. The van der Waals surface area contributed by atoms with Gasteiger partial charge in [0.15, 0.2) is 0 Å². The molecule has 2 atom stereocenters. The van der Waals surface area contributed by atoms with E-state index in [0.717, 1.165) is 13.1 Å². The van der Waals surface area contributed by atoms with Gasteiger partial charge in [-0.3, -0.25) is 0 Å². The number of rotatable bonds is 1. The molecule has 1 aliphatic heterocycles. The number of amides is 2. The van der Waals surface area contributed by atoms with E-state index in [2.05, 4.69) is 19.2 Å². The first-order valence-electron chi connectivity index (χ1n) is 6.46. The normalized spacial score (nSPS) is 23.3. The lowest BCUT2D eigenvalue weighted by Gasteiger charge is -2.35. The number of benzene rings is 1. The van der Waals surface area contributed by atoms with Crippen molar-refractivity contribution in [2.45, 2.75) is 20.3 Å². The van der Waals surface area contributed by atoms with Crippen molar-refractivity contribution in [1.82, 2.24) is 4.90 Å². The molecule has 1 fully saturated rings. The van der Waals surface area contributed by atoms with E-state index in [9.17, 15) is 4.79 Å². The highest BCUT2D eigenvalue weighted by Crippen LogP contribution is 2.27. The summed E-state index contributed by atoms with van der Waals surface area (Å²) in [6.45, 7) is 5.93. The molecule has 1 N–H and O–H groups in total. The van der Waals surface area contributed by atoms with E-state index >= 15 is 0 Å². The number of likely N-dealkylation sites (tertiary alicyclic amines) is 1. The lowest BCUT2D eigenvalue weighted by molar-refractivity contribution is 0.156. The van der Waals surface area contributed by atoms with Gasteiger partial charge in [-0.05, 0) is 36.5 Å². The van der Waals surface area contributed by atoms with Crippen molar-refractivity contribution < 1.29 is 4.79 Å². The van der Waals surface area contributed by atoms with Gasteiger partial charge in [0.05, 0.1) is 10.7 Å². The first-order valence-corrected chi connectivity index (χ1v) is 7.22. The number of halogens is 2. The first kappa shape index (κ1) is 14.5. The molecule has 0 bridgehead atoms. The van der Waals surface area contributed by atoms with Crippen molar-refractivity contribution in [2.24, 2.45) is 11.8 Å². The minimum absolute atomic E-state index is 0.0948. The number of nitrogens with zero attached hydrogens (tertiary/aromatic N) is 1. The quantitative estimate of drug-likeness (QED) is 0.813. The van der Waals surface area contributed by atoms with Crippen LogP contribution in [0.3, 0.4) is 0 Å². The molecule has 0 aliphatic carbocycles. The van der Waals surface area contributed by atoms with E-state index in [4.69, 9.17) is 23.2 Å². The van der Waals surface area contributed by atoms with Crippen LogP contribution in [0.2, 0.25) is 10.0 Å². The summed E-state index contributed by atoms with van der Waals surface area (Å²) in [5.74, 6) is 1.07. The zero-order valence-corrected chi connectivity index (χ0v) is 12.6. The maximum atomic E-state index is 12.2. The van der Waals surface area contributed by atoms with E-state index in [1.807, 2.05) is 4.90 Å². The molecule has 1 saturated heterocycles.